The summed E-state index contributed by atoms with van der Waals surface area (Å²) in [6, 6.07) is 4.25. The molecule has 1 aromatic rings. The van der Waals surface area contributed by atoms with E-state index >= 15 is 0 Å². The van der Waals surface area contributed by atoms with Crippen molar-refractivity contribution >= 4 is 11.9 Å². The van der Waals surface area contributed by atoms with E-state index in [9.17, 15) is 9.59 Å². The summed E-state index contributed by atoms with van der Waals surface area (Å²) in [6.07, 6.45) is 0. The molecular weight excluding hydrogens is 262 g/mol. The van der Waals surface area contributed by atoms with Crippen LogP contribution in [0.15, 0.2) is 29.5 Å². The van der Waals surface area contributed by atoms with Crippen LogP contribution in [0, 0.1) is 0 Å². The average molecular weight is 275 g/mol. The number of hydrogen-bond acceptors (Lipinski definition) is 4. The van der Waals surface area contributed by atoms with E-state index in [1.165, 1.54) is 0 Å². The molecule has 2 aliphatic rings. The maximum Gasteiger partial charge on any atom is 0.319 e. The highest BCUT2D eigenvalue weighted by Gasteiger charge is 2.30. The summed E-state index contributed by atoms with van der Waals surface area (Å²) in [6.45, 7) is 1.80. The van der Waals surface area contributed by atoms with Crippen LogP contribution in [0.3, 0.4) is 0 Å². The molecule has 3 rings (SSSR count). The van der Waals surface area contributed by atoms with Gasteiger partial charge in [0.2, 0.25) is 12.7 Å². The normalized spacial score (nSPS) is 20.4. The van der Waals surface area contributed by atoms with E-state index in [0.717, 1.165) is 0 Å². The van der Waals surface area contributed by atoms with Gasteiger partial charge >= 0.3 is 6.03 Å². The van der Waals surface area contributed by atoms with Gasteiger partial charge < -0.3 is 25.8 Å². The number of carbonyl (C=O) groups excluding carboxylic acids is 2. The standard InChI is InChI=1S/C13H13N3O4/c1-6-10(12(14)17)11(16-13(18)15-6)7-2-3-8-9(4-7)20-5-19-8/h2-4,11H,5H2,1H3,(H2,14,17)(H2,15,16,18)/t11-/m0/s1. The Bertz CT molecular complexity index is 639. The molecule has 20 heavy (non-hydrogen) atoms. The van der Waals surface area contributed by atoms with Gasteiger partial charge in [0.15, 0.2) is 11.5 Å². The van der Waals surface area contributed by atoms with E-state index in [4.69, 9.17) is 15.2 Å². The highest BCUT2D eigenvalue weighted by Crippen LogP contribution is 2.36. The number of amides is 3. The number of nitrogens with one attached hydrogen (secondary N) is 2. The number of urea groups is 1. The molecule has 0 aliphatic carbocycles. The molecule has 7 nitrogen and oxygen atoms in total. The van der Waals surface area contributed by atoms with Gasteiger partial charge in [0.05, 0.1) is 11.6 Å². The van der Waals surface area contributed by atoms with Crippen LogP contribution in [-0.2, 0) is 4.79 Å². The van der Waals surface area contributed by atoms with E-state index < -0.39 is 11.9 Å². The molecule has 2 aliphatic heterocycles. The van der Waals surface area contributed by atoms with E-state index in [1.54, 1.807) is 25.1 Å². The number of carbonyl (C=O) groups is 2. The Labute approximate surface area is 114 Å². The van der Waals surface area contributed by atoms with Crippen molar-refractivity contribution in [2.75, 3.05) is 6.79 Å². The first kappa shape index (κ1) is 12.3. The second-order valence-electron chi connectivity index (χ2n) is 4.55. The number of nitrogens with two attached hydrogens (primary N) is 1. The third-order valence-corrected chi connectivity index (χ3v) is 3.26. The largest absolute Gasteiger partial charge is 0.454 e. The smallest absolute Gasteiger partial charge is 0.319 e. The predicted molar refractivity (Wildman–Crippen MR) is 68.9 cm³/mol. The molecule has 4 N–H and O–H groups in total. The number of fused-ring (bicyclic) bond motifs is 1. The van der Waals surface area contributed by atoms with Crippen molar-refractivity contribution in [3.05, 3.63) is 35.0 Å². The topological polar surface area (TPSA) is 103 Å². The van der Waals surface area contributed by atoms with Crippen molar-refractivity contribution in [3.8, 4) is 11.5 Å². The number of primary amides is 1. The second-order valence-corrected chi connectivity index (χ2v) is 4.55. The number of rotatable bonds is 2. The summed E-state index contributed by atoms with van der Waals surface area (Å²) in [7, 11) is 0. The molecule has 1 aromatic carbocycles. The SMILES string of the molecule is CC1=C(C(N)=O)[C@H](c2ccc3c(c2)OCO3)NC(=O)N1. The molecule has 7 heteroatoms. The fourth-order valence-corrected chi connectivity index (χ4v) is 2.36. The average Bonchev–Trinajstić information content (AvgIpc) is 2.84. The molecule has 0 saturated heterocycles. The van der Waals surface area contributed by atoms with Gasteiger partial charge in [0.1, 0.15) is 0 Å². The monoisotopic (exact) mass is 275 g/mol. The number of allylic oxidation sites excluding steroid dienone is 1. The second kappa shape index (κ2) is 4.44. The van der Waals surface area contributed by atoms with Crippen LogP contribution in [0.4, 0.5) is 4.79 Å². The molecule has 0 saturated carbocycles. The van der Waals surface area contributed by atoms with E-state index in [-0.39, 0.29) is 12.8 Å². The van der Waals surface area contributed by atoms with Crippen LogP contribution in [0.5, 0.6) is 11.5 Å². The maximum atomic E-state index is 11.6. The Balaban J connectivity index is 2.05. The molecule has 0 aromatic heterocycles. The molecule has 0 bridgehead atoms. The first-order chi connectivity index (χ1) is 9.56. The van der Waals surface area contributed by atoms with Crippen molar-refractivity contribution in [1.82, 2.24) is 10.6 Å². The lowest BCUT2D eigenvalue weighted by Gasteiger charge is -2.27. The molecule has 2 heterocycles. The van der Waals surface area contributed by atoms with Gasteiger partial charge in [-0.2, -0.15) is 0 Å². The van der Waals surface area contributed by atoms with E-state index in [2.05, 4.69) is 10.6 Å². The highest BCUT2D eigenvalue weighted by atomic mass is 16.7. The van der Waals surface area contributed by atoms with Crippen molar-refractivity contribution in [3.63, 3.8) is 0 Å². The van der Waals surface area contributed by atoms with Crippen LogP contribution in [0.1, 0.15) is 18.5 Å². The van der Waals surface area contributed by atoms with Crippen LogP contribution in [0.25, 0.3) is 0 Å². The van der Waals surface area contributed by atoms with Gasteiger partial charge in [-0.3, -0.25) is 4.79 Å². The lowest BCUT2D eigenvalue weighted by molar-refractivity contribution is -0.115. The van der Waals surface area contributed by atoms with E-state index in [0.29, 0.717) is 28.3 Å². The third-order valence-electron chi connectivity index (χ3n) is 3.26. The quantitative estimate of drug-likeness (QED) is 0.732. The van der Waals surface area contributed by atoms with Crippen molar-refractivity contribution in [1.29, 1.82) is 0 Å². The number of benzene rings is 1. The van der Waals surface area contributed by atoms with Crippen molar-refractivity contribution in [2.45, 2.75) is 13.0 Å². The van der Waals surface area contributed by atoms with Crippen LogP contribution in [0.2, 0.25) is 0 Å². The van der Waals surface area contributed by atoms with E-state index in [1.807, 2.05) is 0 Å². The molecular formula is C13H13N3O4. The Hall–Kier alpha value is -2.70. The maximum absolute atomic E-state index is 11.6. The van der Waals surface area contributed by atoms with Crippen LogP contribution in [-0.4, -0.2) is 18.7 Å². The Morgan fingerprint density at radius 2 is 2.10 bits per heavy atom. The summed E-state index contributed by atoms with van der Waals surface area (Å²) in [5, 5.41) is 5.22. The minimum atomic E-state index is -0.601. The Kier molecular flexibility index (Phi) is 2.74. The number of hydrogen-bond donors (Lipinski definition) is 3. The zero-order chi connectivity index (χ0) is 14.3. The Morgan fingerprint density at radius 3 is 2.85 bits per heavy atom. The third kappa shape index (κ3) is 1.93. The molecule has 0 radical (unpaired) electrons. The lowest BCUT2D eigenvalue weighted by atomic mass is 9.95. The molecule has 0 fully saturated rings. The van der Waals surface area contributed by atoms with Gasteiger partial charge in [0, 0.05) is 5.70 Å². The molecule has 0 spiro atoms. The predicted octanol–water partition coefficient (Wildman–Crippen LogP) is 0.529. The minimum absolute atomic E-state index is 0.162. The summed E-state index contributed by atoms with van der Waals surface area (Å²) < 4.78 is 10.5. The van der Waals surface area contributed by atoms with Crippen LogP contribution >= 0.6 is 0 Å². The lowest BCUT2D eigenvalue weighted by Crippen LogP contribution is -2.46. The molecule has 3 amide bonds. The first-order valence-corrected chi connectivity index (χ1v) is 6.04. The summed E-state index contributed by atoms with van der Waals surface area (Å²) in [5.41, 5.74) is 6.88. The number of ether oxygens (including phenoxy) is 2. The Morgan fingerprint density at radius 1 is 1.35 bits per heavy atom. The van der Waals surface area contributed by atoms with Gasteiger partial charge in [-0.05, 0) is 24.6 Å². The minimum Gasteiger partial charge on any atom is -0.454 e. The van der Waals surface area contributed by atoms with Crippen molar-refractivity contribution in [2.24, 2.45) is 5.73 Å². The van der Waals surface area contributed by atoms with Gasteiger partial charge in [-0.15, -0.1) is 0 Å². The molecule has 0 unspecified atom stereocenters. The summed E-state index contributed by atoms with van der Waals surface area (Å²) in [4.78, 5) is 23.2. The zero-order valence-corrected chi connectivity index (χ0v) is 10.7. The fraction of sp³-hybridized carbons (Fsp3) is 0.231. The first-order valence-electron chi connectivity index (χ1n) is 6.04. The van der Waals surface area contributed by atoms with Gasteiger partial charge in [-0.25, -0.2) is 4.79 Å². The molecule has 104 valence electrons. The highest BCUT2D eigenvalue weighted by molar-refractivity contribution is 5.97. The van der Waals surface area contributed by atoms with Crippen LogP contribution < -0.4 is 25.8 Å². The fourth-order valence-electron chi connectivity index (χ4n) is 2.36. The zero-order valence-electron chi connectivity index (χ0n) is 10.7. The van der Waals surface area contributed by atoms with Gasteiger partial charge in [0.25, 0.3) is 0 Å². The summed E-state index contributed by atoms with van der Waals surface area (Å²) in [5.74, 6) is 0.629. The summed E-state index contributed by atoms with van der Waals surface area (Å²) >= 11 is 0. The molecule has 1 atom stereocenters. The van der Waals surface area contributed by atoms with Crippen molar-refractivity contribution < 1.29 is 19.1 Å². The van der Waals surface area contributed by atoms with Gasteiger partial charge in [-0.1, -0.05) is 6.07 Å².